The van der Waals surface area contributed by atoms with Gasteiger partial charge in [-0.3, -0.25) is 19.4 Å². The fourth-order valence-corrected chi connectivity index (χ4v) is 4.23. The predicted octanol–water partition coefficient (Wildman–Crippen LogP) is 3.28. The molecule has 0 radical (unpaired) electrons. The minimum Gasteiger partial charge on any atom is -0.313 e. The Hall–Kier alpha value is -2.99. The highest BCUT2D eigenvalue weighted by atomic mass is 16.2. The average Bonchev–Trinajstić information content (AvgIpc) is 3.20. The molecule has 1 fully saturated rings. The summed E-state index contributed by atoms with van der Waals surface area (Å²) in [6, 6.07) is 15.0. The molecule has 3 heterocycles. The van der Waals surface area contributed by atoms with Crippen molar-refractivity contribution in [2.45, 2.75) is 32.5 Å². The number of aromatic nitrogens is 2. The zero-order valence-corrected chi connectivity index (χ0v) is 15.7. The smallest absolute Gasteiger partial charge is 0.261 e. The van der Waals surface area contributed by atoms with Crippen molar-refractivity contribution >= 4 is 22.8 Å². The van der Waals surface area contributed by atoms with E-state index in [0.29, 0.717) is 11.1 Å². The molecule has 2 aromatic carbocycles. The number of imidazole rings is 1. The number of likely N-dealkylation sites (tertiary alicyclic amines) is 1. The van der Waals surface area contributed by atoms with Crippen molar-refractivity contribution in [3.05, 3.63) is 65.5 Å². The average molecular weight is 374 g/mol. The van der Waals surface area contributed by atoms with Crippen LogP contribution in [0.4, 0.5) is 0 Å². The topological polar surface area (TPSA) is 58.4 Å². The second-order valence-electron chi connectivity index (χ2n) is 7.51. The number of carbonyl (C=O) groups excluding carboxylic acids is 2. The van der Waals surface area contributed by atoms with E-state index in [1.807, 2.05) is 18.2 Å². The summed E-state index contributed by atoms with van der Waals surface area (Å²) in [4.78, 5) is 34.1. The van der Waals surface area contributed by atoms with E-state index in [2.05, 4.69) is 15.5 Å². The largest absolute Gasteiger partial charge is 0.313 e. The molecule has 3 aromatic rings. The van der Waals surface area contributed by atoms with Crippen LogP contribution >= 0.6 is 0 Å². The van der Waals surface area contributed by atoms with Gasteiger partial charge in [0.05, 0.1) is 35.4 Å². The summed E-state index contributed by atoms with van der Waals surface area (Å²) in [5.74, 6) is 0.274. The zero-order chi connectivity index (χ0) is 19.1. The summed E-state index contributed by atoms with van der Waals surface area (Å²) in [5.41, 5.74) is 2.89. The molecule has 0 aliphatic carbocycles. The molecule has 2 amide bonds. The Morgan fingerprint density at radius 1 is 0.821 bits per heavy atom. The number of imide groups is 1. The van der Waals surface area contributed by atoms with Crippen LogP contribution in [0.5, 0.6) is 0 Å². The fourth-order valence-electron chi connectivity index (χ4n) is 4.23. The summed E-state index contributed by atoms with van der Waals surface area (Å²) in [7, 11) is 0. The van der Waals surface area contributed by atoms with Gasteiger partial charge in [-0.25, -0.2) is 4.98 Å². The first-order valence-electron chi connectivity index (χ1n) is 9.84. The van der Waals surface area contributed by atoms with Crippen LogP contribution < -0.4 is 0 Å². The molecule has 0 N–H and O–H groups in total. The Labute approximate surface area is 163 Å². The van der Waals surface area contributed by atoms with Crippen molar-refractivity contribution in [2.75, 3.05) is 13.1 Å². The van der Waals surface area contributed by atoms with Crippen LogP contribution in [0.3, 0.4) is 0 Å². The first kappa shape index (κ1) is 17.1. The van der Waals surface area contributed by atoms with Crippen molar-refractivity contribution < 1.29 is 9.59 Å². The number of nitrogens with zero attached hydrogens (tertiary/aromatic N) is 4. The number of rotatable bonds is 4. The number of piperidine rings is 1. The molecule has 1 saturated heterocycles. The lowest BCUT2D eigenvalue weighted by molar-refractivity contribution is 0.0634. The Balaban J connectivity index is 1.50. The molecular formula is C22H22N4O2. The van der Waals surface area contributed by atoms with Gasteiger partial charge in [0.25, 0.3) is 11.8 Å². The fraction of sp³-hybridized carbons (Fsp3) is 0.318. The van der Waals surface area contributed by atoms with Gasteiger partial charge < -0.3 is 4.57 Å². The molecule has 0 spiro atoms. The summed E-state index contributed by atoms with van der Waals surface area (Å²) in [6.07, 6.45) is 3.70. The van der Waals surface area contributed by atoms with Crippen LogP contribution in [0.25, 0.3) is 11.0 Å². The SMILES string of the molecule is O=C1c2ccccc2C(=O)N1Cc1nc2ccccc2n1CN1CCCCC1. The molecule has 142 valence electrons. The molecule has 6 nitrogen and oxygen atoms in total. The number of fused-ring (bicyclic) bond motifs is 2. The second-order valence-corrected chi connectivity index (χ2v) is 7.51. The third-order valence-electron chi connectivity index (χ3n) is 5.70. The van der Waals surface area contributed by atoms with Crippen LogP contribution in [0.1, 0.15) is 45.8 Å². The summed E-state index contributed by atoms with van der Waals surface area (Å²) in [5, 5.41) is 0. The maximum Gasteiger partial charge on any atom is 0.261 e. The van der Waals surface area contributed by atoms with Crippen LogP contribution in [0.2, 0.25) is 0 Å². The van der Waals surface area contributed by atoms with E-state index in [1.54, 1.807) is 24.3 Å². The van der Waals surface area contributed by atoms with Crippen molar-refractivity contribution in [3.8, 4) is 0 Å². The number of benzene rings is 2. The number of carbonyl (C=O) groups is 2. The maximum absolute atomic E-state index is 12.8. The monoisotopic (exact) mass is 374 g/mol. The number of amides is 2. The molecule has 1 aromatic heterocycles. The van der Waals surface area contributed by atoms with Crippen LogP contribution in [0, 0.1) is 0 Å². The second kappa shape index (κ2) is 6.87. The first-order valence-corrected chi connectivity index (χ1v) is 9.84. The minimum atomic E-state index is -0.239. The van der Waals surface area contributed by atoms with E-state index in [-0.39, 0.29) is 18.4 Å². The Kier molecular flexibility index (Phi) is 4.20. The van der Waals surface area contributed by atoms with Gasteiger partial charge in [-0.05, 0) is 50.2 Å². The van der Waals surface area contributed by atoms with E-state index in [0.717, 1.165) is 36.6 Å². The lowest BCUT2D eigenvalue weighted by Gasteiger charge is -2.28. The zero-order valence-electron chi connectivity index (χ0n) is 15.7. The summed E-state index contributed by atoms with van der Waals surface area (Å²) >= 11 is 0. The van der Waals surface area contributed by atoms with Crippen LogP contribution in [-0.4, -0.2) is 44.3 Å². The molecule has 5 rings (SSSR count). The van der Waals surface area contributed by atoms with Crippen molar-refractivity contribution in [1.29, 1.82) is 0 Å². The van der Waals surface area contributed by atoms with Gasteiger partial charge in [0.1, 0.15) is 5.82 Å². The van der Waals surface area contributed by atoms with Crippen molar-refractivity contribution in [2.24, 2.45) is 0 Å². The quantitative estimate of drug-likeness (QED) is 0.658. The number of hydrogen-bond donors (Lipinski definition) is 0. The van der Waals surface area contributed by atoms with E-state index < -0.39 is 0 Å². The van der Waals surface area contributed by atoms with Gasteiger partial charge in [-0.15, -0.1) is 0 Å². The molecule has 0 saturated carbocycles. The number of para-hydroxylation sites is 2. The van der Waals surface area contributed by atoms with Gasteiger partial charge in [-0.2, -0.15) is 0 Å². The Bertz CT molecular complexity index is 1030. The molecule has 0 bridgehead atoms. The van der Waals surface area contributed by atoms with Gasteiger partial charge in [0.2, 0.25) is 0 Å². The number of hydrogen-bond acceptors (Lipinski definition) is 4. The van der Waals surface area contributed by atoms with Crippen LogP contribution in [0.15, 0.2) is 48.5 Å². The lowest BCUT2D eigenvalue weighted by Crippen LogP contribution is -2.34. The van der Waals surface area contributed by atoms with Crippen molar-refractivity contribution in [3.63, 3.8) is 0 Å². The first-order chi connectivity index (χ1) is 13.7. The third-order valence-corrected chi connectivity index (χ3v) is 5.70. The highest BCUT2D eigenvalue weighted by Crippen LogP contribution is 2.26. The van der Waals surface area contributed by atoms with E-state index >= 15 is 0 Å². The standard InChI is InChI=1S/C22H22N4O2/c27-21-16-8-2-3-9-17(16)22(28)25(21)14-20-23-18-10-4-5-11-19(18)26(20)15-24-12-6-1-7-13-24/h2-5,8-11H,1,6-7,12-15H2. The molecule has 6 heteroatoms. The minimum absolute atomic E-state index is 0.189. The lowest BCUT2D eigenvalue weighted by atomic mass is 10.1. The van der Waals surface area contributed by atoms with Gasteiger partial charge in [0, 0.05) is 0 Å². The van der Waals surface area contributed by atoms with Gasteiger partial charge >= 0.3 is 0 Å². The molecule has 0 unspecified atom stereocenters. The summed E-state index contributed by atoms with van der Waals surface area (Å²) < 4.78 is 2.16. The molecule has 2 aliphatic heterocycles. The highest BCUT2D eigenvalue weighted by molar-refractivity contribution is 6.21. The van der Waals surface area contributed by atoms with Crippen molar-refractivity contribution in [1.82, 2.24) is 19.4 Å². The molecule has 28 heavy (non-hydrogen) atoms. The Morgan fingerprint density at radius 2 is 1.46 bits per heavy atom. The van der Waals surface area contributed by atoms with E-state index in [9.17, 15) is 9.59 Å². The molecule has 2 aliphatic rings. The Morgan fingerprint density at radius 3 is 2.18 bits per heavy atom. The normalized spacial score (nSPS) is 17.5. The van der Waals surface area contributed by atoms with Gasteiger partial charge in [0.15, 0.2) is 0 Å². The third kappa shape index (κ3) is 2.81. The van der Waals surface area contributed by atoms with E-state index in [1.165, 1.54) is 24.2 Å². The van der Waals surface area contributed by atoms with E-state index in [4.69, 9.17) is 4.98 Å². The summed E-state index contributed by atoms with van der Waals surface area (Å²) in [6.45, 7) is 3.06. The molecular weight excluding hydrogens is 352 g/mol. The van der Waals surface area contributed by atoms with Crippen LogP contribution in [-0.2, 0) is 13.2 Å². The highest BCUT2D eigenvalue weighted by Gasteiger charge is 2.36. The predicted molar refractivity (Wildman–Crippen MR) is 106 cm³/mol. The van der Waals surface area contributed by atoms with Gasteiger partial charge in [-0.1, -0.05) is 30.7 Å². The molecule has 0 atom stereocenters. The maximum atomic E-state index is 12.8.